The lowest BCUT2D eigenvalue weighted by molar-refractivity contribution is -0.143. The Kier molecular flexibility index (Phi) is 2.46. The van der Waals surface area contributed by atoms with E-state index in [-0.39, 0.29) is 5.03 Å². The monoisotopic (exact) mass is 208 g/mol. The molecule has 2 unspecified atom stereocenters. The van der Waals surface area contributed by atoms with Gasteiger partial charge in [0, 0.05) is 5.03 Å². The van der Waals surface area contributed by atoms with Crippen molar-refractivity contribution in [3.63, 3.8) is 0 Å². The minimum absolute atomic E-state index is 0.0162. The van der Waals surface area contributed by atoms with Crippen molar-refractivity contribution in [2.45, 2.75) is 5.06 Å². The second-order valence-electron chi connectivity index (χ2n) is 2.41. The molecule has 0 aromatic carbocycles. The minimum atomic E-state index is -1.92. The Morgan fingerprint density at radius 3 is 2.58 bits per heavy atom. The van der Waals surface area contributed by atoms with E-state index >= 15 is 0 Å². The molecule has 0 spiro atoms. The molecule has 0 bridgehead atoms. The van der Waals surface area contributed by atoms with E-state index in [1.54, 1.807) is 0 Å². The molecule has 0 saturated heterocycles. The molecule has 12 heavy (non-hydrogen) atoms. The van der Waals surface area contributed by atoms with Gasteiger partial charge < -0.3 is 10.2 Å². The van der Waals surface area contributed by atoms with Gasteiger partial charge in [0.1, 0.15) is 5.92 Å². The molecular weight excluding hydrogens is 203 g/mol. The van der Waals surface area contributed by atoms with Crippen LogP contribution in [0.25, 0.3) is 0 Å². The highest BCUT2D eigenvalue weighted by atomic mass is 35.5. The van der Waals surface area contributed by atoms with Gasteiger partial charge in [-0.3, -0.25) is 4.79 Å². The van der Waals surface area contributed by atoms with E-state index < -0.39 is 16.9 Å². The molecule has 0 fully saturated rings. The SMILES string of the molecule is O=C(O)C1C(Cl)=CC=CC1(O)Cl. The van der Waals surface area contributed by atoms with E-state index in [1.807, 2.05) is 0 Å². The number of hydrogen-bond acceptors (Lipinski definition) is 2. The minimum Gasteiger partial charge on any atom is -0.481 e. The van der Waals surface area contributed by atoms with E-state index in [0.717, 1.165) is 0 Å². The third-order valence-corrected chi connectivity index (χ3v) is 2.20. The fraction of sp³-hybridized carbons (Fsp3) is 0.286. The Morgan fingerprint density at radius 1 is 1.67 bits per heavy atom. The third kappa shape index (κ3) is 1.63. The van der Waals surface area contributed by atoms with E-state index in [0.29, 0.717) is 0 Å². The topological polar surface area (TPSA) is 57.5 Å². The summed E-state index contributed by atoms with van der Waals surface area (Å²) >= 11 is 11.0. The quantitative estimate of drug-likeness (QED) is 0.640. The van der Waals surface area contributed by atoms with Gasteiger partial charge >= 0.3 is 5.97 Å². The lowest BCUT2D eigenvalue weighted by atomic mass is 9.97. The van der Waals surface area contributed by atoms with Crippen molar-refractivity contribution >= 4 is 29.2 Å². The summed E-state index contributed by atoms with van der Waals surface area (Å²) in [6, 6.07) is 0. The number of allylic oxidation sites excluding steroid dienone is 2. The van der Waals surface area contributed by atoms with Gasteiger partial charge in [0.05, 0.1) is 0 Å². The first kappa shape index (κ1) is 9.58. The first-order valence-corrected chi connectivity index (χ1v) is 3.90. The molecule has 3 nitrogen and oxygen atoms in total. The van der Waals surface area contributed by atoms with Crippen LogP contribution < -0.4 is 0 Å². The highest BCUT2D eigenvalue weighted by molar-refractivity contribution is 6.34. The molecule has 0 amide bonds. The zero-order valence-electron chi connectivity index (χ0n) is 5.87. The normalized spacial score (nSPS) is 34.6. The number of carboxylic acid groups (broad SMARTS) is 1. The van der Waals surface area contributed by atoms with Crippen molar-refractivity contribution in [2.24, 2.45) is 5.92 Å². The zero-order valence-corrected chi connectivity index (χ0v) is 7.38. The van der Waals surface area contributed by atoms with Gasteiger partial charge in [-0.1, -0.05) is 29.3 Å². The number of hydrogen-bond donors (Lipinski definition) is 2. The van der Waals surface area contributed by atoms with E-state index in [2.05, 4.69) is 0 Å². The van der Waals surface area contributed by atoms with Gasteiger partial charge in [-0.2, -0.15) is 0 Å². The number of alkyl halides is 1. The Labute approximate surface area is 78.9 Å². The molecule has 5 heteroatoms. The van der Waals surface area contributed by atoms with Crippen molar-refractivity contribution in [3.05, 3.63) is 23.3 Å². The molecule has 2 N–H and O–H groups in total. The van der Waals surface area contributed by atoms with Crippen molar-refractivity contribution in [1.82, 2.24) is 0 Å². The maximum atomic E-state index is 10.6. The molecule has 0 saturated carbocycles. The number of carbonyl (C=O) groups is 1. The molecule has 0 aromatic rings. The average Bonchev–Trinajstić information content (AvgIpc) is 1.82. The predicted octanol–water partition coefficient (Wildman–Crippen LogP) is 1.31. The van der Waals surface area contributed by atoms with Crippen LogP contribution in [0.1, 0.15) is 0 Å². The van der Waals surface area contributed by atoms with Crippen LogP contribution >= 0.6 is 23.2 Å². The van der Waals surface area contributed by atoms with Crippen molar-refractivity contribution in [3.8, 4) is 0 Å². The molecule has 66 valence electrons. The van der Waals surface area contributed by atoms with Crippen LogP contribution in [-0.2, 0) is 4.79 Å². The fourth-order valence-corrected chi connectivity index (χ4v) is 1.62. The summed E-state index contributed by atoms with van der Waals surface area (Å²) in [6.07, 6.45) is 3.98. The fourth-order valence-electron chi connectivity index (χ4n) is 0.952. The smallest absolute Gasteiger partial charge is 0.316 e. The highest BCUT2D eigenvalue weighted by Crippen LogP contribution is 2.35. The van der Waals surface area contributed by atoms with Crippen molar-refractivity contribution in [2.75, 3.05) is 0 Å². The second-order valence-corrected chi connectivity index (χ2v) is 3.45. The lowest BCUT2D eigenvalue weighted by Crippen LogP contribution is -2.37. The molecule has 0 aromatic heterocycles. The zero-order chi connectivity index (χ0) is 9.35. The molecule has 1 aliphatic rings. The number of rotatable bonds is 1. The number of carboxylic acids is 1. The molecule has 0 aliphatic heterocycles. The van der Waals surface area contributed by atoms with Crippen LogP contribution in [0.3, 0.4) is 0 Å². The maximum absolute atomic E-state index is 10.6. The van der Waals surface area contributed by atoms with Crippen LogP contribution in [0, 0.1) is 5.92 Å². The lowest BCUT2D eigenvalue weighted by Gasteiger charge is -2.26. The van der Waals surface area contributed by atoms with Crippen LogP contribution in [0.2, 0.25) is 0 Å². The van der Waals surface area contributed by atoms with E-state index in [4.69, 9.17) is 28.3 Å². The van der Waals surface area contributed by atoms with Crippen molar-refractivity contribution in [1.29, 1.82) is 0 Å². The Balaban J connectivity index is 3.03. The average molecular weight is 209 g/mol. The van der Waals surface area contributed by atoms with E-state index in [9.17, 15) is 9.90 Å². The summed E-state index contributed by atoms with van der Waals surface area (Å²) in [5, 5.41) is 16.1. The highest BCUT2D eigenvalue weighted by Gasteiger charge is 2.41. The van der Waals surface area contributed by atoms with Gasteiger partial charge in [0.2, 0.25) is 0 Å². The summed E-state index contributed by atoms with van der Waals surface area (Å²) in [7, 11) is 0. The predicted molar refractivity (Wildman–Crippen MR) is 45.0 cm³/mol. The van der Waals surface area contributed by atoms with Gasteiger partial charge in [-0.25, -0.2) is 0 Å². The third-order valence-electron chi connectivity index (χ3n) is 1.51. The van der Waals surface area contributed by atoms with Crippen LogP contribution in [-0.4, -0.2) is 21.2 Å². The molecule has 0 radical (unpaired) electrons. The first-order valence-electron chi connectivity index (χ1n) is 3.14. The number of halogens is 2. The number of aliphatic hydroxyl groups is 1. The second kappa shape index (κ2) is 3.09. The summed E-state index contributed by atoms with van der Waals surface area (Å²) in [5.74, 6) is -2.54. The van der Waals surface area contributed by atoms with Gasteiger partial charge in [0.25, 0.3) is 0 Å². The van der Waals surface area contributed by atoms with Crippen LogP contribution in [0.4, 0.5) is 0 Å². The summed E-state index contributed by atoms with van der Waals surface area (Å²) < 4.78 is 0. The van der Waals surface area contributed by atoms with Crippen molar-refractivity contribution < 1.29 is 15.0 Å². The molecule has 1 rings (SSSR count). The Hall–Kier alpha value is -0.510. The Bertz CT molecular complexity index is 268. The van der Waals surface area contributed by atoms with Gasteiger partial charge in [-0.15, -0.1) is 0 Å². The van der Waals surface area contributed by atoms with E-state index in [1.165, 1.54) is 18.2 Å². The summed E-state index contributed by atoms with van der Waals surface area (Å²) in [4.78, 5) is 10.6. The molecule has 2 atom stereocenters. The number of aliphatic carboxylic acids is 1. The Morgan fingerprint density at radius 2 is 2.25 bits per heavy atom. The summed E-state index contributed by atoms with van der Waals surface area (Å²) in [5.41, 5.74) is 0. The largest absolute Gasteiger partial charge is 0.481 e. The molecule has 0 heterocycles. The van der Waals surface area contributed by atoms with Gasteiger partial charge in [0.15, 0.2) is 5.06 Å². The molecule has 1 aliphatic carbocycles. The summed E-state index contributed by atoms with van der Waals surface area (Å²) in [6.45, 7) is 0. The maximum Gasteiger partial charge on any atom is 0.316 e. The first-order chi connectivity index (χ1) is 5.45. The van der Waals surface area contributed by atoms with Gasteiger partial charge in [-0.05, 0) is 12.2 Å². The standard InChI is InChI=1S/C7H6Cl2O3/c8-4-2-1-3-7(9,12)5(4)6(10)11/h1-3,5,12H,(H,10,11). The van der Waals surface area contributed by atoms with Crippen LogP contribution in [0.15, 0.2) is 23.3 Å². The van der Waals surface area contributed by atoms with Crippen LogP contribution in [0.5, 0.6) is 0 Å². The molecular formula is C7H6Cl2O3.